The Bertz CT molecular complexity index is 863. The number of carbonyl (C=O) groups excluding carboxylic acids is 1. The number of hydrogen-bond acceptors (Lipinski definition) is 3. The molecule has 120 valence electrons. The van der Waals surface area contributed by atoms with Crippen LogP contribution < -0.4 is 10.1 Å². The second-order valence-corrected chi connectivity index (χ2v) is 5.53. The van der Waals surface area contributed by atoms with Crippen molar-refractivity contribution in [1.82, 2.24) is 4.98 Å². The minimum Gasteiger partial charge on any atom is -0.497 e. The number of methoxy groups -OCH3 is 1. The van der Waals surface area contributed by atoms with Gasteiger partial charge in [-0.3, -0.25) is 9.78 Å². The fourth-order valence-electron chi connectivity index (χ4n) is 2.28. The van der Waals surface area contributed by atoms with Crippen LogP contribution in [-0.2, 0) is 0 Å². The first-order valence-electron chi connectivity index (χ1n) is 7.33. The summed E-state index contributed by atoms with van der Waals surface area (Å²) in [5.74, 6) is 0.497. The van der Waals surface area contributed by atoms with E-state index < -0.39 is 0 Å². The summed E-state index contributed by atoms with van der Waals surface area (Å²) >= 11 is 6.21. The largest absolute Gasteiger partial charge is 0.497 e. The molecule has 0 unspecified atom stereocenters. The molecule has 0 spiro atoms. The first-order chi connectivity index (χ1) is 11.7. The van der Waals surface area contributed by atoms with Crippen LogP contribution in [-0.4, -0.2) is 18.0 Å². The van der Waals surface area contributed by atoms with Crippen molar-refractivity contribution in [2.24, 2.45) is 0 Å². The lowest BCUT2D eigenvalue weighted by Crippen LogP contribution is -2.12. The van der Waals surface area contributed by atoms with E-state index in [-0.39, 0.29) is 5.91 Å². The molecule has 1 aromatic heterocycles. The molecule has 0 saturated carbocycles. The van der Waals surface area contributed by atoms with Crippen molar-refractivity contribution in [3.8, 4) is 16.9 Å². The van der Waals surface area contributed by atoms with Crippen LogP contribution in [0.3, 0.4) is 0 Å². The molecule has 0 atom stereocenters. The summed E-state index contributed by atoms with van der Waals surface area (Å²) < 4.78 is 5.10. The van der Waals surface area contributed by atoms with Gasteiger partial charge in [0.15, 0.2) is 0 Å². The topological polar surface area (TPSA) is 51.2 Å². The highest BCUT2D eigenvalue weighted by Crippen LogP contribution is 2.27. The molecule has 1 heterocycles. The Morgan fingerprint density at radius 3 is 2.54 bits per heavy atom. The van der Waals surface area contributed by atoms with Crippen molar-refractivity contribution >= 4 is 23.2 Å². The summed E-state index contributed by atoms with van der Waals surface area (Å²) in [6.07, 6.45) is 3.21. The molecule has 3 rings (SSSR count). The zero-order valence-electron chi connectivity index (χ0n) is 13.0. The van der Waals surface area contributed by atoms with Crippen LogP contribution in [0.2, 0.25) is 5.02 Å². The van der Waals surface area contributed by atoms with Crippen molar-refractivity contribution in [3.05, 3.63) is 77.6 Å². The molecule has 24 heavy (non-hydrogen) atoms. The first kappa shape index (κ1) is 16.0. The molecule has 0 radical (unpaired) electrons. The lowest BCUT2D eigenvalue weighted by Gasteiger charge is -2.08. The van der Waals surface area contributed by atoms with Gasteiger partial charge in [0.2, 0.25) is 0 Å². The Morgan fingerprint density at radius 2 is 1.83 bits per heavy atom. The van der Waals surface area contributed by atoms with Gasteiger partial charge < -0.3 is 10.1 Å². The van der Waals surface area contributed by atoms with Gasteiger partial charge >= 0.3 is 0 Å². The molecule has 3 aromatic rings. The Kier molecular flexibility index (Phi) is 4.77. The van der Waals surface area contributed by atoms with Gasteiger partial charge in [0, 0.05) is 34.2 Å². The molecule has 1 N–H and O–H groups in total. The minimum atomic E-state index is -0.235. The molecule has 0 aliphatic carbocycles. The van der Waals surface area contributed by atoms with Crippen molar-refractivity contribution in [3.63, 3.8) is 0 Å². The number of nitrogens with one attached hydrogen (secondary N) is 1. The van der Waals surface area contributed by atoms with E-state index in [0.29, 0.717) is 16.3 Å². The van der Waals surface area contributed by atoms with E-state index in [1.54, 1.807) is 49.7 Å². The van der Waals surface area contributed by atoms with Gasteiger partial charge in [0.05, 0.1) is 12.7 Å². The van der Waals surface area contributed by atoms with E-state index in [4.69, 9.17) is 16.3 Å². The second-order valence-electron chi connectivity index (χ2n) is 5.12. The van der Waals surface area contributed by atoms with Crippen molar-refractivity contribution in [2.75, 3.05) is 12.4 Å². The molecule has 0 aliphatic rings. The normalized spacial score (nSPS) is 10.2. The molecule has 1 amide bonds. The molecule has 0 bridgehead atoms. The quantitative estimate of drug-likeness (QED) is 0.752. The highest BCUT2D eigenvalue weighted by molar-refractivity contribution is 6.33. The summed E-state index contributed by atoms with van der Waals surface area (Å²) in [4.78, 5) is 16.6. The van der Waals surface area contributed by atoms with Gasteiger partial charge in [-0.2, -0.15) is 0 Å². The number of pyridine rings is 1. The molecule has 2 aromatic carbocycles. The lowest BCUT2D eigenvalue weighted by molar-refractivity contribution is 0.102. The number of carbonyl (C=O) groups is 1. The van der Waals surface area contributed by atoms with E-state index in [9.17, 15) is 4.79 Å². The summed E-state index contributed by atoms with van der Waals surface area (Å²) in [6, 6.07) is 16.4. The SMILES string of the molecule is COc1ccc(NC(=O)c2cncc(-c3ccccc3Cl)c2)cc1. The number of benzene rings is 2. The van der Waals surface area contributed by atoms with Crippen molar-refractivity contribution < 1.29 is 9.53 Å². The number of nitrogens with zero attached hydrogens (tertiary/aromatic N) is 1. The van der Waals surface area contributed by atoms with Crippen LogP contribution in [0.15, 0.2) is 67.0 Å². The summed E-state index contributed by atoms with van der Waals surface area (Å²) in [5.41, 5.74) is 2.78. The van der Waals surface area contributed by atoms with Crippen LogP contribution in [0.5, 0.6) is 5.75 Å². The van der Waals surface area contributed by atoms with Crippen LogP contribution in [0, 0.1) is 0 Å². The number of anilines is 1. The average Bonchev–Trinajstić information content (AvgIpc) is 2.63. The summed E-state index contributed by atoms with van der Waals surface area (Å²) in [7, 11) is 1.60. The number of rotatable bonds is 4. The van der Waals surface area contributed by atoms with Gasteiger partial charge in [-0.25, -0.2) is 0 Å². The highest BCUT2D eigenvalue weighted by Gasteiger charge is 2.10. The zero-order valence-corrected chi connectivity index (χ0v) is 13.7. The van der Waals surface area contributed by atoms with Crippen LogP contribution in [0.4, 0.5) is 5.69 Å². The molecular weight excluding hydrogens is 324 g/mol. The number of amides is 1. The molecular formula is C19H15ClN2O2. The third-order valence-electron chi connectivity index (χ3n) is 3.53. The number of hydrogen-bond donors (Lipinski definition) is 1. The van der Waals surface area contributed by atoms with Crippen LogP contribution in [0.25, 0.3) is 11.1 Å². The lowest BCUT2D eigenvalue weighted by atomic mass is 10.1. The monoisotopic (exact) mass is 338 g/mol. The Labute approximate surface area is 145 Å². The maximum atomic E-state index is 12.4. The Morgan fingerprint density at radius 1 is 1.08 bits per heavy atom. The van der Waals surface area contributed by atoms with E-state index in [1.807, 2.05) is 18.2 Å². The van der Waals surface area contributed by atoms with Crippen LogP contribution in [0.1, 0.15) is 10.4 Å². The summed E-state index contributed by atoms with van der Waals surface area (Å²) in [6.45, 7) is 0. The van der Waals surface area contributed by atoms with Gasteiger partial charge in [0.1, 0.15) is 5.75 Å². The fraction of sp³-hybridized carbons (Fsp3) is 0.0526. The van der Waals surface area contributed by atoms with Crippen molar-refractivity contribution in [2.45, 2.75) is 0 Å². The third-order valence-corrected chi connectivity index (χ3v) is 3.86. The number of aromatic nitrogens is 1. The molecule has 0 aliphatic heterocycles. The first-order valence-corrected chi connectivity index (χ1v) is 7.70. The van der Waals surface area contributed by atoms with Gasteiger partial charge in [-0.1, -0.05) is 29.8 Å². The number of halogens is 1. The maximum absolute atomic E-state index is 12.4. The standard InChI is InChI=1S/C19H15ClN2O2/c1-24-16-8-6-15(7-9-16)22-19(23)14-10-13(11-21-12-14)17-4-2-3-5-18(17)20/h2-12H,1H3,(H,22,23). The van der Waals surface area contributed by atoms with Gasteiger partial charge in [-0.05, 0) is 36.4 Å². The number of ether oxygens (including phenoxy) is 1. The predicted octanol–water partition coefficient (Wildman–Crippen LogP) is 4.66. The van der Waals surface area contributed by atoms with Crippen LogP contribution >= 0.6 is 11.6 Å². The highest BCUT2D eigenvalue weighted by atomic mass is 35.5. The van der Waals surface area contributed by atoms with Gasteiger partial charge in [0.25, 0.3) is 5.91 Å². The van der Waals surface area contributed by atoms with E-state index in [2.05, 4.69) is 10.3 Å². The third kappa shape index (κ3) is 3.55. The van der Waals surface area contributed by atoms with E-state index in [1.165, 1.54) is 6.20 Å². The minimum absolute atomic E-state index is 0.235. The van der Waals surface area contributed by atoms with Gasteiger partial charge in [-0.15, -0.1) is 0 Å². The summed E-state index contributed by atoms with van der Waals surface area (Å²) in [5, 5.41) is 3.45. The molecule has 0 saturated heterocycles. The molecule has 0 fully saturated rings. The van der Waals surface area contributed by atoms with E-state index >= 15 is 0 Å². The smallest absolute Gasteiger partial charge is 0.257 e. The second kappa shape index (κ2) is 7.15. The molecule has 5 heteroatoms. The Hall–Kier alpha value is -2.85. The Balaban J connectivity index is 1.83. The predicted molar refractivity (Wildman–Crippen MR) is 95.6 cm³/mol. The zero-order chi connectivity index (χ0) is 16.9. The van der Waals surface area contributed by atoms with Crippen molar-refractivity contribution in [1.29, 1.82) is 0 Å². The van der Waals surface area contributed by atoms with E-state index in [0.717, 1.165) is 16.9 Å². The average molecular weight is 339 g/mol. The maximum Gasteiger partial charge on any atom is 0.257 e. The molecule has 4 nitrogen and oxygen atoms in total. The fourth-order valence-corrected chi connectivity index (χ4v) is 2.53.